The van der Waals surface area contributed by atoms with Crippen LogP contribution in [0.2, 0.25) is 0 Å². The Balaban J connectivity index is 2.32. The third kappa shape index (κ3) is 6.25. The lowest BCUT2D eigenvalue weighted by atomic mass is 10.0. The van der Waals surface area contributed by atoms with E-state index in [2.05, 4.69) is 31.0 Å². The predicted molar refractivity (Wildman–Crippen MR) is 83.9 cm³/mol. The SMILES string of the molecule is C=C/C=C\C1=C(C)CC=C1CCNC(=O)CCCC(=O)O. The number of rotatable bonds is 9. The molecule has 1 amide bonds. The van der Waals surface area contributed by atoms with Crippen molar-refractivity contribution in [3.05, 3.63) is 47.6 Å². The summed E-state index contributed by atoms with van der Waals surface area (Å²) >= 11 is 0. The molecule has 0 bridgehead atoms. The van der Waals surface area contributed by atoms with E-state index in [4.69, 9.17) is 5.11 Å². The summed E-state index contributed by atoms with van der Waals surface area (Å²) in [6.45, 7) is 6.36. The molecule has 4 nitrogen and oxygen atoms in total. The highest BCUT2D eigenvalue weighted by Crippen LogP contribution is 2.28. The fraction of sp³-hybridized carbons (Fsp3) is 0.412. The van der Waals surface area contributed by atoms with E-state index >= 15 is 0 Å². The van der Waals surface area contributed by atoms with E-state index in [0.29, 0.717) is 13.0 Å². The molecule has 21 heavy (non-hydrogen) atoms. The van der Waals surface area contributed by atoms with Crippen LogP contribution in [0.1, 0.15) is 39.0 Å². The second-order valence-corrected chi connectivity index (χ2v) is 5.07. The zero-order valence-electron chi connectivity index (χ0n) is 12.5. The molecule has 0 atom stereocenters. The monoisotopic (exact) mass is 289 g/mol. The Hall–Kier alpha value is -2.10. The molecule has 0 unspecified atom stereocenters. The molecule has 0 aromatic rings. The Bertz CT molecular complexity index is 498. The normalized spacial score (nSPS) is 14.4. The van der Waals surface area contributed by atoms with Crippen LogP contribution in [0.15, 0.2) is 47.6 Å². The molecule has 114 valence electrons. The zero-order chi connectivity index (χ0) is 15.7. The van der Waals surface area contributed by atoms with Gasteiger partial charge >= 0.3 is 5.97 Å². The first kappa shape index (κ1) is 17.0. The molecule has 1 aliphatic rings. The van der Waals surface area contributed by atoms with Gasteiger partial charge in [-0.2, -0.15) is 0 Å². The van der Waals surface area contributed by atoms with Crippen molar-refractivity contribution in [2.45, 2.75) is 39.0 Å². The van der Waals surface area contributed by atoms with Crippen molar-refractivity contribution in [2.24, 2.45) is 0 Å². The van der Waals surface area contributed by atoms with Gasteiger partial charge in [0.1, 0.15) is 0 Å². The summed E-state index contributed by atoms with van der Waals surface area (Å²) in [5, 5.41) is 11.3. The van der Waals surface area contributed by atoms with Gasteiger partial charge in [-0.1, -0.05) is 36.5 Å². The minimum absolute atomic E-state index is 0.0387. The second kappa shape index (κ2) is 8.95. The summed E-state index contributed by atoms with van der Waals surface area (Å²) in [5.41, 5.74) is 3.81. The summed E-state index contributed by atoms with van der Waals surface area (Å²) in [5.74, 6) is -0.947. The molecule has 0 saturated heterocycles. The van der Waals surface area contributed by atoms with Gasteiger partial charge in [-0.25, -0.2) is 0 Å². The Morgan fingerprint density at radius 1 is 1.43 bits per heavy atom. The Morgan fingerprint density at radius 2 is 2.19 bits per heavy atom. The molecule has 0 spiro atoms. The Labute approximate surface area is 125 Å². The van der Waals surface area contributed by atoms with Crippen LogP contribution in [0.5, 0.6) is 0 Å². The third-order valence-electron chi connectivity index (χ3n) is 3.37. The molecule has 2 N–H and O–H groups in total. The average molecular weight is 289 g/mol. The van der Waals surface area contributed by atoms with Gasteiger partial charge in [0.25, 0.3) is 0 Å². The van der Waals surface area contributed by atoms with Gasteiger partial charge in [-0.05, 0) is 37.3 Å². The lowest BCUT2D eigenvalue weighted by Gasteiger charge is -2.08. The summed E-state index contributed by atoms with van der Waals surface area (Å²) in [6, 6.07) is 0. The molecule has 4 heteroatoms. The Morgan fingerprint density at radius 3 is 2.86 bits per heavy atom. The molecule has 0 radical (unpaired) electrons. The van der Waals surface area contributed by atoms with E-state index in [1.165, 1.54) is 16.7 Å². The third-order valence-corrected chi connectivity index (χ3v) is 3.37. The number of hydrogen-bond acceptors (Lipinski definition) is 2. The molecule has 0 aliphatic heterocycles. The number of aliphatic carboxylic acids is 1. The Kier molecular flexibility index (Phi) is 7.23. The van der Waals surface area contributed by atoms with Crippen LogP contribution in [-0.4, -0.2) is 23.5 Å². The highest BCUT2D eigenvalue weighted by atomic mass is 16.4. The average Bonchev–Trinajstić information content (AvgIpc) is 2.77. The first-order valence-corrected chi connectivity index (χ1v) is 7.21. The molecule has 1 aliphatic carbocycles. The topological polar surface area (TPSA) is 66.4 Å². The molecular weight excluding hydrogens is 266 g/mol. The molecule has 0 aromatic heterocycles. The maximum Gasteiger partial charge on any atom is 0.303 e. The van der Waals surface area contributed by atoms with Gasteiger partial charge in [0.05, 0.1) is 0 Å². The number of nitrogens with one attached hydrogen (secondary N) is 1. The zero-order valence-corrected chi connectivity index (χ0v) is 12.5. The number of allylic oxidation sites excluding steroid dienone is 6. The van der Waals surface area contributed by atoms with Gasteiger partial charge < -0.3 is 10.4 Å². The highest BCUT2D eigenvalue weighted by molar-refractivity contribution is 5.76. The van der Waals surface area contributed by atoms with Crippen molar-refractivity contribution in [1.82, 2.24) is 5.32 Å². The van der Waals surface area contributed by atoms with Crippen LogP contribution in [-0.2, 0) is 9.59 Å². The minimum Gasteiger partial charge on any atom is -0.481 e. The lowest BCUT2D eigenvalue weighted by molar-refractivity contribution is -0.137. The van der Waals surface area contributed by atoms with Crippen LogP contribution in [0.4, 0.5) is 0 Å². The smallest absolute Gasteiger partial charge is 0.303 e. The van der Waals surface area contributed by atoms with E-state index in [0.717, 1.165) is 12.8 Å². The standard InChI is InChI=1S/C17H23NO3/c1-3-4-6-15-13(2)9-10-14(15)11-12-18-16(19)7-5-8-17(20)21/h3-4,6,10H,1,5,7-9,11-12H2,2H3,(H,18,19)(H,20,21)/b6-4-. The van der Waals surface area contributed by atoms with Crippen molar-refractivity contribution < 1.29 is 14.7 Å². The van der Waals surface area contributed by atoms with E-state index in [-0.39, 0.29) is 18.7 Å². The van der Waals surface area contributed by atoms with Crippen LogP contribution in [0.3, 0.4) is 0 Å². The van der Waals surface area contributed by atoms with Crippen LogP contribution in [0, 0.1) is 0 Å². The fourth-order valence-electron chi connectivity index (χ4n) is 2.25. The van der Waals surface area contributed by atoms with E-state index < -0.39 is 5.97 Å². The van der Waals surface area contributed by atoms with Crippen LogP contribution in [0.25, 0.3) is 0 Å². The van der Waals surface area contributed by atoms with Crippen molar-refractivity contribution in [3.63, 3.8) is 0 Å². The maximum absolute atomic E-state index is 11.6. The van der Waals surface area contributed by atoms with Crippen molar-refractivity contribution >= 4 is 11.9 Å². The first-order chi connectivity index (χ1) is 10.0. The van der Waals surface area contributed by atoms with E-state index in [1.54, 1.807) is 6.08 Å². The number of hydrogen-bond donors (Lipinski definition) is 2. The van der Waals surface area contributed by atoms with Gasteiger partial charge in [0, 0.05) is 19.4 Å². The minimum atomic E-state index is -0.863. The quantitative estimate of drug-likeness (QED) is 0.641. The van der Waals surface area contributed by atoms with E-state index in [1.807, 2.05) is 6.08 Å². The van der Waals surface area contributed by atoms with Crippen molar-refractivity contribution in [1.29, 1.82) is 0 Å². The number of amides is 1. The molecule has 0 fully saturated rings. The van der Waals surface area contributed by atoms with Crippen molar-refractivity contribution in [3.8, 4) is 0 Å². The van der Waals surface area contributed by atoms with Gasteiger partial charge in [-0.15, -0.1) is 0 Å². The number of carboxylic acids is 1. The summed E-state index contributed by atoms with van der Waals surface area (Å²) in [7, 11) is 0. The lowest BCUT2D eigenvalue weighted by Crippen LogP contribution is -2.24. The number of carbonyl (C=O) groups excluding carboxylic acids is 1. The van der Waals surface area contributed by atoms with Crippen molar-refractivity contribution in [2.75, 3.05) is 6.54 Å². The predicted octanol–water partition coefficient (Wildman–Crippen LogP) is 3.14. The molecule has 1 rings (SSSR count). The largest absolute Gasteiger partial charge is 0.481 e. The summed E-state index contributed by atoms with van der Waals surface area (Å²) in [4.78, 5) is 21.9. The number of carboxylic acid groups (broad SMARTS) is 1. The highest BCUT2D eigenvalue weighted by Gasteiger charge is 2.12. The number of carbonyl (C=O) groups is 2. The van der Waals surface area contributed by atoms with Crippen LogP contribution < -0.4 is 5.32 Å². The molecule has 0 saturated carbocycles. The van der Waals surface area contributed by atoms with E-state index in [9.17, 15) is 9.59 Å². The van der Waals surface area contributed by atoms with Gasteiger partial charge in [-0.3, -0.25) is 9.59 Å². The molecule has 0 heterocycles. The second-order valence-electron chi connectivity index (χ2n) is 5.07. The van der Waals surface area contributed by atoms with Gasteiger partial charge in [0.15, 0.2) is 0 Å². The molecule has 0 aromatic carbocycles. The summed E-state index contributed by atoms with van der Waals surface area (Å²) in [6.07, 6.45) is 10.3. The first-order valence-electron chi connectivity index (χ1n) is 7.21. The van der Waals surface area contributed by atoms with Crippen LogP contribution >= 0.6 is 0 Å². The maximum atomic E-state index is 11.6. The molecular formula is C17H23NO3. The van der Waals surface area contributed by atoms with Gasteiger partial charge in [0.2, 0.25) is 5.91 Å². The summed E-state index contributed by atoms with van der Waals surface area (Å²) < 4.78 is 0. The fourth-order valence-corrected chi connectivity index (χ4v) is 2.25.